The van der Waals surface area contributed by atoms with E-state index in [-0.39, 0.29) is 12.8 Å². The molecule has 0 bridgehead atoms. The summed E-state index contributed by atoms with van der Waals surface area (Å²) in [5.41, 5.74) is 0. The number of thiophene rings is 2. The van der Waals surface area contributed by atoms with Gasteiger partial charge in [0.2, 0.25) is 0 Å². The van der Waals surface area contributed by atoms with Crippen LogP contribution in [0, 0.1) is 0 Å². The van der Waals surface area contributed by atoms with Gasteiger partial charge in [0.25, 0.3) is 0 Å². The monoisotopic (exact) mass is 256 g/mol. The number of carboxylic acids is 2. The van der Waals surface area contributed by atoms with E-state index in [0.29, 0.717) is 0 Å². The third kappa shape index (κ3) is 2.40. The zero-order chi connectivity index (χ0) is 11.7. The molecule has 0 saturated heterocycles. The average molecular weight is 256 g/mol. The molecule has 0 fully saturated rings. The van der Waals surface area contributed by atoms with Crippen LogP contribution in [0.1, 0.15) is 9.75 Å². The molecular weight excluding hydrogens is 248 g/mol. The van der Waals surface area contributed by atoms with Gasteiger partial charge in [-0.1, -0.05) is 0 Å². The van der Waals surface area contributed by atoms with E-state index in [9.17, 15) is 9.59 Å². The molecule has 2 rings (SSSR count). The van der Waals surface area contributed by atoms with Crippen LogP contribution in [0.25, 0.3) is 9.40 Å². The Hall–Kier alpha value is -1.40. The molecule has 0 amide bonds. The summed E-state index contributed by atoms with van der Waals surface area (Å²) in [6.07, 6.45) is 0.0562. The molecular formula is C10H8O4S2. The van der Waals surface area contributed by atoms with Crippen molar-refractivity contribution in [1.82, 2.24) is 0 Å². The molecule has 2 N–H and O–H groups in total. The molecule has 0 radical (unpaired) electrons. The SMILES string of the molecule is O=C(O)Cc1cc2cc(CC(=O)O)sc2s1. The molecule has 0 aliphatic carbocycles. The minimum absolute atomic E-state index is 0.0281. The van der Waals surface area contributed by atoms with Gasteiger partial charge in [-0.25, -0.2) is 0 Å². The number of rotatable bonds is 4. The van der Waals surface area contributed by atoms with Crippen molar-refractivity contribution in [1.29, 1.82) is 0 Å². The standard InChI is InChI=1S/C10H8O4S2/c11-8(12)3-6-1-5-2-7(4-9(13)14)16-10(5)15-6/h1-2H,3-4H2,(H,11,12)(H,13,14). The second kappa shape index (κ2) is 4.23. The second-order valence-corrected chi connectivity index (χ2v) is 5.84. The quantitative estimate of drug-likeness (QED) is 0.879. The summed E-state index contributed by atoms with van der Waals surface area (Å²) in [6.45, 7) is 0. The summed E-state index contributed by atoms with van der Waals surface area (Å²) >= 11 is 2.84. The van der Waals surface area contributed by atoms with E-state index in [1.807, 2.05) is 12.1 Å². The van der Waals surface area contributed by atoms with Crippen LogP contribution in [0.2, 0.25) is 0 Å². The fourth-order valence-electron chi connectivity index (χ4n) is 1.41. The minimum Gasteiger partial charge on any atom is -0.481 e. The first kappa shape index (κ1) is 11.1. The van der Waals surface area contributed by atoms with Crippen molar-refractivity contribution in [2.45, 2.75) is 12.8 Å². The smallest absolute Gasteiger partial charge is 0.308 e. The summed E-state index contributed by atoms with van der Waals surface area (Å²) in [7, 11) is 0. The van der Waals surface area contributed by atoms with Gasteiger partial charge < -0.3 is 10.2 Å². The molecule has 0 unspecified atom stereocenters. The molecule has 0 saturated carbocycles. The van der Waals surface area contributed by atoms with Crippen molar-refractivity contribution in [3.8, 4) is 0 Å². The van der Waals surface area contributed by atoms with Gasteiger partial charge >= 0.3 is 11.9 Å². The summed E-state index contributed by atoms with van der Waals surface area (Å²) in [5, 5.41) is 18.2. The lowest BCUT2D eigenvalue weighted by atomic mass is 10.3. The molecule has 0 aromatic carbocycles. The number of aliphatic carboxylic acids is 2. The van der Waals surface area contributed by atoms with E-state index >= 15 is 0 Å². The summed E-state index contributed by atoms with van der Waals surface area (Å²) < 4.78 is 0.993. The van der Waals surface area contributed by atoms with E-state index in [0.717, 1.165) is 19.2 Å². The van der Waals surface area contributed by atoms with Crippen LogP contribution in [-0.4, -0.2) is 22.2 Å². The van der Waals surface area contributed by atoms with Crippen LogP contribution in [0.4, 0.5) is 0 Å². The van der Waals surface area contributed by atoms with E-state index < -0.39 is 11.9 Å². The molecule has 0 atom stereocenters. The molecule has 2 aromatic rings. The van der Waals surface area contributed by atoms with Crippen LogP contribution in [0.5, 0.6) is 0 Å². The molecule has 2 heterocycles. The normalized spacial score (nSPS) is 10.8. The largest absolute Gasteiger partial charge is 0.481 e. The predicted octanol–water partition coefficient (Wildman–Crippen LogP) is 2.22. The van der Waals surface area contributed by atoms with Crippen molar-refractivity contribution < 1.29 is 19.8 Å². The number of carbonyl (C=O) groups is 2. The topological polar surface area (TPSA) is 74.6 Å². The summed E-state index contributed by atoms with van der Waals surface area (Å²) in [4.78, 5) is 22.6. The Labute approximate surface area is 98.8 Å². The van der Waals surface area contributed by atoms with E-state index in [1.54, 1.807) is 0 Å². The van der Waals surface area contributed by atoms with Crippen LogP contribution in [0.15, 0.2) is 12.1 Å². The first-order chi connectivity index (χ1) is 7.54. The maximum Gasteiger partial charge on any atom is 0.308 e. The molecule has 0 spiro atoms. The highest BCUT2D eigenvalue weighted by Gasteiger charge is 2.10. The maximum atomic E-state index is 10.5. The average Bonchev–Trinajstić information content (AvgIpc) is 2.58. The Morgan fingerprint density at radius 1 is 1.00 bits per heavy atom. The van der Waals surface area contributed by atoms with Crippen LogP contribution >= 0.6 is 22.7 Å². The highest BCUT2D eigenvalue weighted by Crippen LogP contribution is 2.33. The first-order valence-electron chi connectivity index (χ1n) is 4.49. The Morgan fingerprint density at radius 2 is 1.44 bits per heavy atom. The fraction of sp³-hybridized carbons (Fsp3) is 0.200. The predicted molar refractivity (Wildman–Crippen MR) is 62.4 cm³/mol. The molecule has 6 heteroatoms. The number of hydrogen-bond donors (Lipinski definition) is 2. The van der Waals surface area contributed by atoms with Crippen molar-refractivity contribution in [2.24, 2.45) is 0 Å². The van der Waals surface area contributed by atoms with Gasteiger partial charge in [0.05, 0.1) is 16.9 Å². The summed E-state index contributed by atoms with van der Waals surface area (Å²) in [6, 6.07) is 3.63. The van der Waals surface area contributed by atoms with Gasteiger partial charge in [-0.2, -0.15) is 0 Å². The van der Waals surface area contributed by atoms with Gasteiger partial charge in [0.1, 0.15) is 0 Å². The van der Waals surface area contributed by atoms with Gasteiger partial charge in [0, 0.05) is 15.1 Å². The van der Waals surface area contributed by atoms with Crippen molar-refractivity contribution in [3.63, 3.8) is 0 Å². The molecule has 16 heavy (non-hydrogen) atoms. The third-order valence-electron chi connectivity index (χ3n) is 1.97. The van der Waals surface area contributed by atoms with Crippen LogP contribution in [0.3, 0.4) is 0 Å². The summed E-state index contributed by atoms with van der Waals surface area (Å²) in [5.74, 6) is -1.70. The highest BCUT2D eigenvalue weighted by atomic mass is 32.2. The zero-order valence-corrected chi connectivity index (χ0v) is 9.73. The molecule has 0 aliphatic rings. The Balaban J connectivity index is 2.25. The van der Waals surface area contributed by atoms with Crippen molar-refractivity contribution >= 4 is 44.0 Å². The molecule has 2 aromatic heterocycles. The van der Waals surface area contributed by atoms with Gasteiger partial charge in [0.15, 0.2) is 0 Å². The van der Waals surface area contributed by atoms with E-state index in [2.05, 4.69) is 0 Å². The molecule has 0 aliphatic heterocycles. The lowest BCUT2D eigenvalue weighted by Gasteiger charge is -1.89. The Bertz CT molecular complexity index is 475. The Kier molecular flexibility index (Phi) is 2.93. The Morgan fingerprint density at radius 3 is 1.75 bits per heavy atom. The van der Waals surface area contributed by atoms with Gasteiger partial charge in [-0.05, 0) is 12.1 Å². The number of carboxylic acid groups (broad SMARTS) is 2. The maximum absolute atomic E-state index is 10.5. The number of hydrogen-bond acceptors (Lipinski definition) is 4. The molecule has 4 nitrogen and oxygen atoms in total. The molecule has 84 valence electrons. The minimum atomic E-state index is -0.848. The van der Waals surface area contributed by atoms with Gasteiger partial charge in [-0.3, -0.25) is 9.59 Å². The lowest BCUT2D eigenvalue weighted by Crippen LogP contribution is -1.97. The fourth-order valence-corrected chi connectivity index (χ4v) is 3.93. The van der Waals surface area contributed by atoms with Crippen LogP contribution in [-0.2, 0) is 22.4 Å². The first-order valence-corrected chi connectivity index (χ1v) is 6.12. The third-order valence-corrected chi connectivity index (χ3v) is 4.36. The van der Waals surface area contributed by atoms with E-state index in [4.69, 9.17) is 10.2 Å². The van der Waals surface area contributed by atoms with Crippen molar-refractivity contribution in [3.05, 3.63) is 21.9 Å². The zero-order valence-electron chi connectivity index (χ0n) is 8.10. The number of fused-ring (bicyclic) bond motifs is 1. The van der Waals surface area contributed by atoms with Crippen molar-refractivity contribution in [2.75, 3.05) is 0 Å². The highest BCUT2D eigenvalue weighted by molar-refractivity contribution is 7.38. The lowest BCUT2D eigenvalue weighted by molar-refractivity contribution is -0.137. The van der Waals surface area contributed by atoms with Gasteiger partial charge in [-0.15, -0.1) is 22.7 Å². The van der Waals surface area contributed by atoms with E-state index in [1.165, 1.54) is 22.7 Å². The second-order valence-electron chi connectivity index (χ2n) is 3.31. The van der Waals surface area contributed by atoms with Crippen LogP contribution < -0.4 is 0 Å².